The van der Waals surface area contributed by atoms with Gasteiger partial charge in [0.1, 0.15) is 5.75 Å². The van der Waals surface area contributed by atoms with Gasteiger partial charge in [-0.2, -0.15) is 13.2 Å². The normalized spacial score (nSPS) is 11.7. The standard InChI is InChI=1S/C20H18F3NO3S/c1-27-16-4-3-13(9-15(16)20(21,22)23)18-10-14-8-12(2-5-17(14)28-18)11-24-7-6-19(25)26/h2-5,8-10,24H,6-7,11H2,1H3,(H,25,26). The van der Waals surface area contributed by atoms with Crippen LogP contribution in [0.25, 0.3) is 20.5 Å². The van der Waals surface area contributed by atoms with Crippen LogP contribution in [-0.2, 0) is 17.5 Å². The molecular weight excluding hydrogens is 391 g/mol. The summed E-state index contributed by atoms with van der Waals surface area (Å²) in [6.45, 7) is 0.892. The molecule has 3 aromatic rings. The molecule has 0 aliphatic heterocycles. The molecule has 0 aliphatic carbocycles. The molecule has 0 fully saturated rings. The molecule has 1 heterocycles. The maximum Gasteiger partial charge on any atom is 0.419 e. The van der Waals surface area contributed by atoms with Gasteiger partial charge in [-0.3, -0.25) is 4.79 Å². The molecule has 3 rings (SSSR count). The fraction of sp³-hybridized carbons (Fsp3) is 0.250. The fourth-order valence-corrected chi connectivity index (χ4v) is 3.90. The van der Waals surface area contributed by atoms with E-state index in [2.05, 4.69) is 5.32 Å². The average molecular weight is 409 g/mol. The van der Waals surface area contributed by atoms with Crippen LogP contribution < -0.4 is 10.1 Å². The number of ether oxygens (including phenoxy) is 1. The molecule has 0 saturated carbocycles. The molecule has 2 aromatic carbocycles. The Balaban J connectivity index is 1.85. The van der Waals surface area contributed by atoms with Gasteiger partial charge < -0.3 is 15.2 Å². The Morgan fingerprint density at radius 2 is 1.96 bits per heavy atom. The van der Waals surface area contributed by atoms with E-state index in [1.54, 1.807) is 6.07 Å². The van der Waals surface area contributed by atoms with Crippen molar-refractivity contribution in [2.45, 2.75) is 19.1 Å². The fourth-order valence-electron chi connectivity index (χ4n) is 2.86. The number of aliphatic carboxylic acids is 1. The third kappa shape index (κ3) is 4.63. The number of rotatable bonds is 7. The predicted molar refractivity (Wildman–Crippen MR) is 103 cm³/mol. The van der Waals surface area contributed by atoms with Crippen LogP contribution in [0.1, 0.15) is 17.5 Å². The number of hydrogen-bond acceptors (Lipinski definition) is 4. The third-order valence-corrected chi connectivity index (χ3v) is 5.38. The van der Waals surface area contributed by atoms with Crippen LogP contribution >= 0.6 is 11.3 Å². The first-order chi connectivity index (χ1) is 13.3. The maximum atomic E-state index is 13.3. The van der Waals surface area contributed by atoms with Crippen LogP contribution in [0, 0.1) is 0 Å². The van der Waals surface area contributed by atoms with Crippen molar-refractivity contribution in [2.24, 2.45) is 0 Å². The van der Waals surface area contributed by atoms with E-state index in [1.165, 1.54) is 24.5 Å². The summed E-state index contributed by atoms with van der Waals surface area (Å²) in [6.07, 6.45) is -4.45. The largest absolute Gasteiger partial charge is 0.496 e. The Kier molecular flexibility index (Phi) is 5.90. The van der Waals surface area contributed by atoms with Gasteiger partial charge in [-0.1, -0.05) is 6.07 Å². The van der Waals surface area contributed by atoms with Crippen LogP contribution in [0.3, 0.4) is 0 Å². The minimum atomic E-state index is -4.49. The first-order valence-electron chi connectivity index (χ1n) is 8.48. The highest BCUT2D eigenvalue weighted by Gasteiger charge is 2.34. The van der Waals surface area contributed by atoms with Crippen molar-refractivity contribution in [3.05, 3.63) is 53.6 Å². The Morgan fingerprint density at radius 3 is 2.64 bits per heavy atom. The Bertz CT molecular complexity index is 998. The first kappa shape index (κ1) is 20.2. The van der Waals surface area contributed by atoms with E-state index in [0.29, 0.717) is 18.7 Å². The van der Waals surface area contributed by atoms with Gasteiger partial charge in [-0.05, 0) is 52.9 Å². The monoisotopic (exact) mass is 409 g/mol. The summed E-state index contributed by atoms with van der Waals surface area (Å²) in [5.74, 6) is -1.06. The van der Waals surface area contributed by atoms with Crippen molar-refractivity contribution in [1.82, 2.24) is 5.32 Å². The van der Waals surface area contributed by atoms with E-state index in [9.17, 15) is 18.0 Å². The number of nitrogens with one attached hydrogen (secondary N) is 1. The van der Waals surface area contributed by atoms with Crippen molar-refractivity contribution in [3.63, 3.8) is 0 Å². The summed E-state index contributed by atoms with van der Waals surface area (Å²) in [5.41, 5.74) is 0.664. The number of benzene rings is 2. The number of alkyl halides is 3. The number of halogens is 3. The number of carbonyl (C=O) groups is 1. The highest BCUT2D eigenvalue weighted by molar-refractivity contribution is 7.22. The molecule has 0 unspecified atom stereocenters. The van der Waals surface area contributed by atoms with Crippen molar-refractivity contribution < 1.29 is 27.8 Å². The number of hydrogen-bond donors (Lipinski definition) is 2. The zero-order valence-electron chi connectivity index (χ0n) is 15.0. The molecule has 0 bridgehead atoms. The van der Waals surface area contributed by atoms with Gasteiger partial charge in [0.2, 0.25) is 0 Å². The van der Waals surface area contributed by atoms with E-state index in [-0.39, 0.29) is 12.2 Å². The van der Waals surface area contributed by atoms with Crippen LogP contribution in [0.2, 0.25) is 0 Å². The lowest BCUT2D eigenvalue weighted by atomic mass is 10.1. The van der Waals surface area contributed by atoms with E-state index in [4.69, 9.17) is 9.84 Å². The second-order valence-corrected chi connectivity index (χ2v) is 7.30. The lowest BCUT2D eigenvalue weighted by Crippen LogP contribution is -2.17. The summed E-state index contributed by atoms with van der Waals surface area (Å²) in [4.78, 5) is 11.3. The van der Waals surface area contributed by atoms with Crippen molar-refractivity contribution in [3.8, 4) is 16.2 Å². The van der Waals surface area contributed by atoms with E-state index >= 15 is 0 Å². The van der Waals surface area contributed by atoms with E-state index in [1.807, 2.05) is 24.3 Å². The SMILES string of the molecule is COc1ccc(-c2cc3cc(CNCCC(=O)O)ccc3s2)cc1C(F)(F)F. The van der Waals surface area contributed by atoms with Gasteiger partial charge in [0, 0.05) is 22.7 Å². The number of thiophene rings is 1. The van der Waals surface area contributed by atoms with Gasteiger partial charge in [-0.15, -0.1) is 11.3 Å². The van der Waals surface area contributed by atoms with Crippen molar-refractivity contribution >= 4 is 27.4 Å². The molecule has 4 nitrogen and oxygen atoms in total. The Morgan fingerprint density at radius 1 is 1.18 bits per heavy atom. The number of carboxylic acid groups (broad SMARTS) is 1. The molecule has 0 saturated heterocycles. The summed E-state index contributed by atoms with van der Waals surface area (Å²) >= 11 is 1.42. The number of methoxy groups -OCH3 is 1. The summed E-state index contributed by atoms with van der Waals surface area (Å²) in [5, 5.41) is 12.6. The topological polar surface area (TPSA) is 58.6 Å². The van der Waals surface area contributed by atoms with Crippen LogP contribution in [0.4, 0.5) is 13.2 Å². The second kappa shape index (κ2) is 8.20. The van der Waals surface area contributed by atoms with Crippen LogP contribution in [0.5, 0.6) is 5.75 Å². The van der Waals surface area contributed by atoms with Crippen LogP contribution in [-0.4, -0.2) is 24.7 Å². The summed E-state index contributed by atoms with van der Waals surface area (Å²) < 4.78 is 45.6. The van der Waals surface area contributed by atoms with Crippen molar-refractivity contribution in [1.29, 1.82) is 0 Å². The molecule has 0 atom stereocenters. The molecule has 0 radical (unpaired) electrons. The van der Waals surface area contributed by atoms with E-state index < -0.39 is 17.7 Å². The second-order valence-electron chi connectivity index (χ2n) is 6.22. The zero-order chi connectivity index (χ0) is 20.3. The van der Waals surface area contributed by atoms with Gasteiger partial charge in [0.15, 0.2) is 0 Å². The first-order valence-corrected chi connectivity index (χ1v) is 9.30. The van der Waals surface area contributed by atoms with Crippen LogP contribution in [0.15, 0.2) is 42.5 Å². The molecule has 0 aliphatic rings. The van der Waals surface area contributed by atoms with Gasteiger partial charge >= 0.3 is 12.1 Å². The third-order valence-electron chi connectivity index (χ3n) is 4.21. The highest BCUT2D eigenvalue weighted by atomic mass is 32.1. The van der Waals surface area contributed by atoms with Gasteiger partial charge in [-0.25, -0.2) is 0 Å². The molecule has 1 aromatic heterocycles. The molecule has 0 spiro atoms. The molecule has 28 heavy (non-hydrogen) atoms. The molecule has 0 amide bonds. The van der Waals surface area contributed by atoms with Crippen molar-refractivity contribution in [2.75, 3.05) is 13.7 Å². The van der Waals surface area contributed by atoms with E-state index in [0.717, 1.165) is 26.6 Å². The summed E-state index contributed by atoms with van der Waals surface area (Å²) in [7, 11) is 1.22. The maximum absolute atomic E-state index is 13.3. The summed E-state index contributed by atoms with van der Waals surface area (Å²) in [6, 6.07) is 11.7. The lowest BCUT2D eigenvalue weighted by Gasteiger charge is -2.12. The average Bonchev–Trinajstić information content (AvgIpc) is 3.07. The Hall–Kier alpha value is -2.58. The quantitative estimate of drug-likeness (QED) is 0.529. The van der Waals surface area contributed by atoms with Gasteiger partial charge in [0.25, 0.3) is 0 Å². The minimum Gasteiger partial charge on any atom is -0.496 e. The molecule has 2 N–H and O–H groups in total. The predicted octanol–water partition coefficient (Wildman–Crippen LogP) is 5.16. The smallest absolute Gasteiger partial charge is 0.419 e. The number of carboxylic acids is 1. The zero-order valence-corrected chi connectivity index (χ0v) is 15.8. The molecule has 148 valence electrons. The minimum absolute atomic E-state index is 0.0455. The van der Waals surface area contributed by atoms with Gasteiger partial charge in [0.05, 0.1) is 19.1 Å². The lowest BCUT2D eigenvalue weighted by molar-refractivity contribution is -0.139. The Labute approximate surface area is 163 Å². The molecular formula is C20H18F3NO3S. The molecule has 8 heteroatoms. The number of fused-ring (bicyclic) bond motifs is 1. The highest BCUT2D eigenvalue weighted by Crippen LogP contribution is 2.41.